The van der Waals surface area contributed by atoms with Crippen molar-refractivity contribution in [2.24, 2.45) is 0 Å². The summed E-state index contributed by atoms with van der Waals surface area (Å²) in [5, 5.41) is 9.78. The molecule has 0 atom stereocenters. The van der Waals surface area contributed by atoms with Gasteiger partial charge < -0.3 is 20.1 Å². The largest absolute Gasteiger partial charge is 0.484 e. The zero-order valence-corrected chi connectivity index (χ0v) is 17.5. The quantitative estimate of drug-likeness (QED) is 0.553. The number of aromatic nitrogens is 2. The Morgan fingerprint density at radius 2 is 1.94 bits per heavy atom. The van der Waals surface area contributed by atoms with Gasteiger partial charge in [-0.3, -0.25) is 9.59 Å². The number of ether oxygens (including phenoxy) is 2. The number of fused-ring (bicyclic) bond motifs is 1. The van der Waals surface area contributed by atoms with Crippen LogP contribution >= 0.6 is 0 Å². The van der Waals surface area contributed by atoms with Crippen LogP contribution in [0, 0.1) is 0 Å². The number of nitrogens with one attached hydrogen (secondary N) is 2. The van der Waals surface area contributed by atoms with Gasteiger partial charge in [0.1, 0.15) is 5.75 Å². The van der Waals surface area contributed by atoms with Gasteiger partial charge in [0.15, 0.2) is 12.3 Å². The maximum Gasteiger partial charge on any atom is 0.358 e. The second kappa shape index (κ2) is 9.34. The van der Waals surface area contributed by atoms with E-state index in [0.29, 0.717) is 24.3 Å². The number of carbonyl (C=O) groups excluding carboxylic acids is 3. The number of anilines is 2. The Labute approximate surface area is 184 Å². The molecule has 164 valence electrons. The SMILES string of the molecule is CCOC(=O)c1ccn(-c2ccc(NC(=O)COc3ccc4c(c3)CCC(=O)N4)cc2)n1. The van der Waals surface area contributed by atoms with Crippen LogP contribution < -0.4 is 15.4 Å². The van der Waals surface area contributed by atoms with Gasteiger partial charge in [0.25, 0.3) is 5.91 Å². The number of benzene rings is 2. The molecule has 3 aromatic rings. The summed E-state index contributed by atoms with van der Waals surface area (Å²) in [6.45, 7) is 1.88. The van der Waals surface area contributed by atoms with Gasteiger partial charge in [0.2, 0.25) is 5.91 Å². The van der Waals surface area contributed by atoms with E-state index >= 15 is 0 Å². The van der Waals surface area contributed by atoms with Crippen molar-refractivity contribution >= 4 is 29.2 Å². The van der Waals surface area contributed by atoms with Crippen molar-refractivity contribution < 1.29 is 23.9 Å². The fourth-order valence-corrected chi connectivity index (χ4v) is 3.27. The first-order valence-electron chi connectivity index (χ1n) is 10.2. The number of esters is 1. The van der Waals surface area contributed by atoms with Crippen LogP contribution in [-0.4, -0.2) is 40.8 Å². The summed E-state index contributed by atoms with van der Waals surface area (Å²) in [5.41, 5.74) is 3.34. The molecule has 0 unspecified atom stereocenters. The molecule has 9 nitrogen and oxygen atoms in total. The molecular formula is C23H22N4O5. The van der Waals surface area contributed by atoms with Gasteiger partial charge in [0, 0.05) is 24.0 Å². The Balaban J connectivity index is 1.31. The van der Waals surface area contributed by atoms with Crippen molar-refractivity contribution in [1.82, 2.24) is 9.78 Å². The third-order valence-corrected chi connectivity index (χ3v) is 4.83. The predicted molar refractivity (Wildman–Crippen MR) is 117 cm³/mol. The van der Waals surface area contributed by atoms with E-state index in [2.05, 4.69) is 15.7 Å². The van der Waals surface area contributed by atoms with E-state index in [0.717, 1.165) is 16.9 Å². The highest BCUT2D eigenvalue weighted by Gasteiger charge is 2.15. The molecule has 0 aliphatic carbocycles. The number of rotatable bonds is 7. The summed E-state index contributed by atoms with van der Waals surface area (Å²) in [7, 11) is 0. The highest BCUT2D eigenvalue weighted by atomic mass is 16.5. The van der Waals surface area contributed by atoms with Crippen LogP contribution in [0.5, 0.6) is 5.75 Å². The average molecular weight is 434 g/mol. The van der Waals surface area contributed by atoms with E-state index < -0.39 is 5.97 Å². The van der Waals surface area contributed by atoms with Crippen molar-refractivity contribution in [2.75, 3.05) is 23.8 Å². The van der Waals surface area contributed by atoms with E-state index in [1.807, 2.05) is 6.07 Å². The molecule has 0 bridgehead atoms. The highest BCUT2D eigenvalue weighted by molar-refractivity contribution is 5.94. The van der Waals surface area contributed by atoms with E-state index in [-0.39, 0.29) is 30.7 Å². The van der Waals surface area contributed by atoms with Gasteiger partial charge in [-0.15, -0.1) is 0 Å². The molecule has 1 aliphatic rings. The minimum Gasteiger partial charge on any atom is -0.484 e. The van der Waals surface area contributed by atoms with Crippen molar-refractivity contribution in [3.05, 3.63) is 66.0 Å². The Morgan fingerprint density at radius 3 is 2.72 bits per heavy atom. The van der Waals surface area contributed by atoms with Crippen LogP contribution in [-0.2, 0) is 20.7 Å². The van der Waals surface area contributed by atoms with Gasteiger partial charge in [-0.05, 0) is 67.4 Å². The van der Waals surface area contributed by atoms with Crippen LogP contribution in [0.1, 0.15) is 29.4 Å². The molecule has 2 aromatic carbocycles. The van der Waals surface area contributed by atoms with E-state index in [4.69, 9.17) is 9.47 Å². The average Bonchev–Trinajstić information content (AvgIpc) is 3.29. The van der Waals surface area contributed by atoms with Crippen molar-refractivity contribution in [1.29, 1.82) is 0 Å². The summed E-state index contributed by atoms with van der Waals surface area (Å²) in [5.74, 6) is -0.198. The third kappa shape index (κ3) is 4.94. The van der Waals surface area contributed by atoms with Crippen molar-refractivity contribution in [3.8, 4) is 11.4 Å². The number of hydrogen-bond acceptors (Lipinski definition) is 6. The van der Waals surface area contributed by atoms with Crippen LogP contribution in [0.3, 0.4) is 0 Å². The molecule has 0 spiro atoms. The first-order valence-corrected chi connectivity index (χ1v) is 10.2. The van der Waals surface area contributed by atoms with Gasteiger partial charge in [-0.1, -0.05) is 0 Å². The molecule has 9 heteroatoms. The molecular weight excluding hydrogens is 412 g/mol. The van der Waals surface area contributed by atoms with E-state index in [1.54, 1.807) is 60.3 Å². The molecule has 0 radical (unpaired) electrons. The molecule has 4 rings (SSSR count). The Bertz CT molecular complexity index is 1150. The molecule has 1 aliphatic heterocycles. The molecule has 2 heterocycles. The normalized spacial score (nSPS) is 12.5. The van der Waals surface area contributed by atoms with Crippen molar-refractivity contribution in [3.63, 3.8) is 0 Å². The predicted octanol–water partition coefficient (Wildman–Crippen LogP) is 2.95. The topological polar surface area (TPSA) is 112 Å². The summed E-state index contributed by atoms with van der Waals surface area (Å²) in [4.78, 5) is 35.4. The molecule has 2 N–H and O–H groups in total. The lowest BCUT2D eigenvalue weighted by molar-refractivity contribution is -0.118. The van der Waals surface area contributed by atoms with Gasteiger partial charge in [-0.2, -0.15) is 5.10 Å². The lowest BCUT2D eigenvalue weighted by atomic mass is 10.0. The van der Waals surface area contributed by atoms with Gasteiger partial charge >= 0.3 is 5.97 Å². The van der Waals surface area contributed by atoms with E-state index in [1.165, 1.54) is 0 Å². The second-order valence-corrected chi connectivity index (χ2v) is 7.12. The maximum atomic E-state index is 12.3. The standard InChI is InChI=1S/C23H22N4O5/c1-2-31-23(30)20-11-12-27(26-20)17-6-4-16(5-7-17)24-22(29)14-32-18-8-9-19-15(13-18)3-10-21(28)25-19/h4-9,11-13H,2-3,10,14H2,1H3,(H,24,29)(H,25,28). The smallest absolute Gasteiger partial charge is 0.358 e. The first-order chi connectivity index (χ1) is 15.5. The molecule has 0 fully saturated rings. The highest BCUT2D eigenvalue weighted by Crippen LogP contribution is 2.26. The summed E-state index contributed by atoms with van der Waals surface area (Å²) in [6, 6.07) is 13.9. The first kappa shape index (κ1) is 21.1. The number of carbonyl (C=O) groups is 3. The Kier molecular flexibility index (Phi) is 6.16. The zero-order chi connectivity index (χ0) is 22.5. The van der Waals surface area contributed by atoms with E-state index in [9.17, 15) is 14.4 Å². The molecule has 2 amide bonds. The number of aryl methyl sites for hydroxylation is 1. The third-order valence-electron chi connectivity index (χ3n) is 4.83. The summed E-state index contributed by atoms with van der Waals surface area (Å²) in [6.07, 6.45) is 2.75. The fourth-order valence-electron chi connectivity index (χ4n) is 3.27. The molecule has 32 heavy (non-hydrogen) atoms. The van der Waals surface area contributed by atoms with Crippen molar-refractivity contribution in [2.45, 2.75) is 19.8 Å². The van der Waals surface area contributed by atoms with Crippen LogP contribution in [0.2, 0.25) is 0 Å². The Morgan fingerprint density at radius 1 is 1.12 bits per heavy atom. The second-order valence-electron chi connectivity index (χ2n) is 7.12. The zero-order valence-electron chi connectivity index (χ0n) is 17.5. The van der Waals surface area contributed by atoms with Gasteiger partial charge in [-0.25, -0.2) is 9.48 Å². The fraction of sp³-hybridized carbons (Fsp3) is 0.217. The van der Waals surface area contributed by atoms with Crippen LogP contribution in [0.4, 0.5) is 11.4 Å². The van der Waals surface area contributed by atoms with Gasteiger partial charge in [0.05, 0.1) is 12.3 Å². The maximum absolute atomic E-state index is 12.3. The van der Waals surface area contributed by atoms with Crippen LogP contribution in [0.25, 0.3) is 5.69 Å². The lowest BCUT2D eigenvalue weighted by Crippen LogP contribution is -2.21. The minimum atomic E-state index is -0.473. The summed E-state index contributed by atoms with van der Waals surface area (Å²) < 4.78 is 12.1. The number of nitrogens with zero attached hydrogens (tertiary/aromatic N) is 2. The number of amides is 2. The molecule has 0 saturated carbocycles. The Hall–Kier alpha value is -4.14. The molecule has 1 aromatic heterocycles. The van der Waals surface area contributed by atoms with Crippen LogP contribution in [0.15, 0.2) is 54.7 Å². The summed E-state index contributed by atoms with van der Waals surface area (Å²) >= 11 is 0. The lowest BCUT2D eigenvalue weighted by Gasteiger charge is -2.17. The minimum absolute atomic E-state index is 0.00330. The molecule has 0 saturated heterocycles. The monoisotopic (exact) mass is 434 g/mol. The number of hydrogen-bond donors (Lipinski definition) is 2.